The molecule has 0 bridgehead atoms. The SMILES string of the molecule is CC(C)Cc1cccc(C(=O)C(N)C(C)C)c1. The van der Waals surface area contributed by atoms with Crippen LogP contribution in [0.2, 0.25) is 0 Å². The van der Waals surface area contributed by atoms with Crippen molar-refractivity contribution in [3.8, 4) is 0 Å². The summed E-state index contributed by atoms with van der Waals surface area (Å²) in [6.07, 6.45) is 0.998. The summed E-state index contributed by atoms with van der Waals surface area (Å²) in [5.74, 6) is 0.820. The van der Waals surface area contributed by atoms with E-state index in [0.717, 1.165) is 12.0 Å². The number of Topliss-reactive ketones (excluding diaryl/α,β-unsaturated/α-hetero) is 1. The van der Waals surface area contributed by atoms with Crippen molar-refractivity contribution < 1.29 is 4.79 Å². The molecule has 0 aliphatic rings. The molecule has 0 radical (unpaired) electrons. The topological polar surface area (TPSA) is 43.1 Å². The molecular weight excluding hydrogens is 210 g/mol. The van der Waals surface area contributed by atoms with Gasteiger partial charge in [-0.1, -0.05) is 45.9 Å². The first-order valence-electron chi connectivity index (χ1n) is 6.30. The van der Waals surface area contributed by atoms with E-state index < -0.39 is 6.04 Å². The van der Waals surface area contributed by atoms with Gasteiger partial charge in [0.15, 0.2) is 5.78 Å². The van der Waals surface area contributed by atoms with E-state index in [1.54, 1.807) is 0 Å². The minimum absolute atomic E-state index is 0.0469. The average Bonchev–Trinajstić information content (AvgIpc) is 2.26. The summed E-state index contributed by atoms with van der Waals surface area (Å²) < 4.78 is 0. The molecule has 0 heterocycles. The van der Waals surface area contributed by atoms with E-state index in [0.29, 0.717) is 5.92 Å². The van der Waals surface area contributed by atoms with Crippen LogP contribution < -0.4 is 5.73 Å². The molecule has 0 amide bonds. The highest BCUT2D eigenvalue weighted by Crippen LogP contribution is 2.13. The first kappa shape index (κ1) is 13.9. The summed E-state index contributed by atoms with van der Waals surface area (Å²) >= 11 is 0. The van der Waals surface area contributed by atoms with Crippen molar-refractivity contribution in [2.45, 2.75) is 40.2 Å². The summed E-state index contributed by atoms with van der Waals surface area (Å²) in [6.45, 7) is 8.30. The molecule has 0 aliphatic carbocycles. The number of carbonyl (C=O) groups is 1. The lowest BCUT2D eigenvalue weighted by molar-refractivity contribution is 0.0940. The zero-order valence-electron chi connectivity index (χ0n) is 11.2. The van der Waals surface area contributed by atoms with E-state index in [9.17, 15) is 4.79 Å². The Labute approximate surface area is 104 Å². The second-order valence-corrected chi connectivity index (χ2v) is 5.43. The van der Waals surface area contributed by atoms with E-state index >= 15 is 0 Å². The molecule has 0 saturated heterocycles. The van der Waals surface area contributed by atoms with Crippen molar-refractivity contribution >= 4 is 5.78 Å². The van der Waals surface area contributed by atoms with Crippen molar-refractivity contribution in [2.75, 3.05) is 0 Å². The Morgan fingerprint density at radius 1 is 1.24 bits per heavy atom. The second kappa shape index (κ2) is 5.97. The van der Waals surface area contributed by atoms with Crippen molar-refractivity contribution in [3.05, 3.63) is 35.4 Å². The predicted molar refractivity (Wildman–Crippen MR) is 72.1 cm³/mol. The van der Waals surface area contributed by atoms with E-state index in [-0.39, 0.29) is 11.7 Å². The fraction of sp³-hybridized carbons (Fsp3) is 0.533. The van der Waals surface area contributed by atoms with E-state index in [1.807, 2.05) is 32.0 Å². The van der Waals surface area contributed by atoms with Crippen LogP contribution in [0.5, 0.6) is 0 Å². The van der Waals surface area contributed by atoms with Gasteiger partial charge in [0, 0.05) is 5.56 Å². The highest BCUT2D eigenvalue weighted by Gasteiger charge is 2.19. The van der Waals surface area contributed by atoms with Crippen LogP contribution in [0.4, 0.5) is 0 Å². The van der Waals surface area contributed by atoms with E-state index in [4.69, 9.17) is 5.73 Å². The van der Waals surface area contributed by atoms with Crippen molar-refractivity contribution in [1.29, 1.82) is 0 Å². The van der Waals surface area contributed by atoms with Crippen LogP contribution in [0.1, 0.15) is 43.6 Å². The van der Waals surface area contributed by atoms with Gasteiger partial charge in [0.2, 0.25) is 0 Å². The molecule has 1 unspecified atom stereocenters. The molecule has 1 aromatic rings. The van der Waals surface area contributed by atoms with Crippen molar-refractivity contribution in [1.82, 2.24) is 0 Å². The molecule has 0 saturated carbocycles. The first-order valence-corrected chi connectivity index (χ1v) is 6.30. The minimum atomic E-state index is -0.399. The third-order valence-corrected chi connectivity index (χ3v) is 2.88. The Bertz CT molecular complexity index is 382. The minimum Gasteiger partial charge on any atom is -0.321 e. The molecule has 17 heavy (non-hydrogen) atoms. The van der Waals surface area contributed by atoms with Gasteiger partial charge in [-0.25, -0.2) is 0 Å². The smallest absolute Gasteiger partial charge is 0.179 e. The van der Waals surface area contributed by atoms with Gasteiger partial charge in [0.05, 0.1) is 6.04 Å². The zero-order valence-corrected chi connectivity index (χ0v) is 11.2. The normalized spacial score (nSPS) is 13.1. The lowest BCUT2D eigenvalue weighted by Crippen LogP contribution is -2.35. The first-order chi connectivity index (χ1) is 7.91. The van der Waals surface area contributed by atoms with Crippen LogP contribution in [-0.4, -0.2) is 11.8 Å². The van der Waals surface area contributed by atoms with Crippen LogP contribution in [-0.2, 0) is 6.42 Å². The number of hydrogen-bond donors (Lipinski definition) is 1. The Kier molecular flexibility index (Phi) is 4.88. The van der Waals surface area contributed by atoms with Crippen LogP contribution in [0.25, 0.3) is 0 Å². The molecule has 0 fully saturated rings. The maximum absolute atomic E-state index is 12.1. The summed E-state index contributed by atoms with van der Waals surface area (Å²) in [5.41, 5.74) is 7.84. The summed E-state index contributed by atoms with van der Waals surface area (Å²) in [7, 11) is 0. The third-order valence-electron chi connectivity index (χ3n) is 2.88. The fourth-order valence-corrected chi connectivity index (χ4v) is 1.82. The molecule has 1 aromatic carbocycles. The highest BCUT2D eigenvalue weighted by molar-refractivity contribution is 6.00. The number of hydrogen-bond acceptors (Lipinski definition) is 2. The Balaban J connectivity index is 2.88. The van der Waals surface area contributed by atoms with Crippen LogP contribution in [0, 0.1) is 11.8 Å². The van der Waals surface area contributed by atoms with Gasteiger partial charge in [-0.3, -0.25) is 4.79 Å². The highest BCUT2D eigenvalue weighted by atomic mass is 16.1. The van der Waals surface area contributed by atoms with Crippen molar-refractivity contribution in [2.24, 2.45) is 17.6 Å². The zero-order chi connectivity index (χ0) is 13.0. The number of ketones is 1. The second-order valence-electron chi connectivity index (χ2n) is 5.43. The molecule has 1 atom stereocenters. The van der Waals surface area contributed by atoms with Gasteiger partial charge in [-0.15, -0.1) is 0 Å². The van der Waals surface area contributed by atoms with E-state index in [1.165, 1.54) is 5.56 Å². The molecule has 2 nitrogen and oxygen atoms in total. The van der Waals surface area contributed by atoms with Gasteiger partial charge < -0.3 is 5.73 Å². The largest absolute Gasteiger partial charge is 0.321 e. The van der Waals surface area contributed by atoms with E-state index in [2.05, 4.69) is 19.9 Å². The quantitative estimate of drug-likeness (QED) is 0.794. The lowest BCUT2D eigenvalue weighted by Gasteiger charge is -2.15. The van der Waals surface area contributed by atoms with Gasteiger partial charge >= 0.3 is 0 Å². The Morgan fingerprint density at radius 2 is 1.88 bits per heavy atom. The van der Waals surface area contributed by atoms with Crippen LogP contribution in [0.15, 0.2) is 24.3 Å². The maximum atomic E-state index is 12.1. The number of benzene rings is 1. The van der Waals surface area contributed by atoms with Gasteiger partial charge in [0.25, 0.3) is 0 Å². The molecule has 2 N–H and O–H groups in total. The number of carbonyl (C=O) groups excluding carboxylic acids is 1. The molecule has 94 valence electrons. The summed E-state index contributed by atoms with van der Waals surface area (Å²) in [6, 6.07) is 7.44. The molecule has 2 heteroatoms. The van der Waals surface area contributed by atoms with Gasteiger partial charge in [0.1, 0.15) is 0 Å². The summed E-state index contributed by atoms with van der Waals surface area (Å²) in [5, 5.41) is 0. The number of rotatable bonds is 5. The van der Waals surface area contributed by atoms with Crippen LogP contribution in [0.3, 0.4) is 0 Å². The average molecular weight is 233 g/mol. The monoisotopic (exact) mass is 233 g/mol. The van der Waals surface area contributed by atoms with Crippen molar-refractivity contribution in [3.63, 3.8) is 0 Å². The Morgan fingerprint density at radius 3 is 2.41 bits per heavy atom. The molecule has 0 aromatic heterocycles. The van der Waals surface area contributed by atoms with Gasteiger partial charge in [-0.05, 0) is 29.9 Å². The lowest BCUT2D eigenvalue weighted by atomic mass is 9.93. The maximum Gasteiger partial charge on any atom is 0.179 e. The fourth-order valence-electron chi connectivity index (χ4n) is 1.82. The molecule has 0 spiro atoms. The van der Waals surface area contributed by atoms with Crippen LogP contribution >= 0.6 is 0 Å². The predicted octanol–water partition coefficient (Wildman–Crippen LogP) is 3.05. The molecular formula is C15H23NO. The standard InChI is InChI=1S/C15H23NO/c1-10(2)8-12-6-5-7-13(9-12)15(17)14(16)11(3)4/h5-7,9-11,14H,8,16H2,1-4H3. The third kappa shape index (κ3) is 3.97. The summed E-state index contributed by atoms with van der Waals surface area (Å²) in [4.78, 5) is 12.1. The van der Waals surface area contributed by atoms with Gasteiger partial charge in [-0.2, -0.15) is 0 Å². The molecule has 1 rings (SSSR count). The number of nitrogens with two attached hydrogens (primary N) is 1. The molecule has 0 aliphatic heterocycles. The Hall–Kier alpha value is -1.15.